The summed E-state index contributed by atoms with van der Waals surface area (Å²) in [6, 6.07) is 7.53. The van der Waals surface area contributed by atoms with Gasteiger partial charge in [0.15, 0.2) is 5.17 Å². The average Bonchev–Trinajstić information content (AvgIpc) is 2.49. The maximum absolute atomic E-state index is 12.7. The summed E-state index contributed by atoms with van der Waals surface area (Å²) in [5, 5.41) is 0.210. The summed E-state index contributed by atoms with van der Waals surface area (Å²) in [5.41, 5.74) is -0.480. The lowest BCUT2D eigenvalue weighted by molar-refractivity contribution is 0.0363. The summed E-state index contributed by atoms with van der Waals surface area (Å²) in [4.78, 5) is 30.2. The highest BCUT2D eigenvalue weighted by molar-refractivity contribution is 9.10. The van der Waals surface area contributed by atoms with E-state index in [9.17, 15) is 9.59 Å². The van der Waals surface area contributed by atoms with Gasteiger partial charge >= 0.3 is 12.2 Å². The number of carbonyl (C=O) groups is 2. The summed E-state index contributed by atoms with van der Waals surface area (Å²) >= 11 is 4.56. The number of thioether (sulfide) groups is 1. The number of hydrogen-bond acceptors (Lipinski definition) is 5. The molecule has 2 amide bonds. The molecule has 0 heterocycles. The van der Waals surface area contributed by atoms with Gasteiger partial charge in [-0.15, -0.1) is 0 Å². The van der Waals surface area contributed by atoms with Crippen LogP contribution in [0.3, 0.4) is 0 Å². The molecule has 1 rings (SSSR count). The standard InChI is InChI=1S/C19H27BrN2O4S/c1-18(2,3)25-16(23)21-15(27-7)22(17(24)26-19(4,5)6)12-13-8-10-14(20)11-9-13/h8-11H,12H2,1-7H3/b21-15-. The molecule has 0 fully saturated rings. The van der Waals surface area contributed by atoms with Crippen molar-refractivity contribution < 1.29 is 19.1 Å². The monoisotopic (exact) mass is 458 g/mol. The van der Waals surface area contributed by atoms with Crippen molar-refractivity contribution in [2.45, 2.75) is 59.3 Å². The van der Waals surface area contributed by atoms with Gasteiger partial charge in [0.1, 0.15) is 11.2 Å². The number of amides is 2. The van der Waals surface area contributed by atoms with Gasteiger partial charge in [-0.2, -0.15) is 4.99 Å². The van der Waals surface area contributed by atoms with E-state index in [4.69, 9.17) is 9.47 Å². The number of nitrogens with zero attached hydrogens (tertiary/aromatic N) is 2. The van der Waals surface area contributed by atoms with Crippen LogP contribution in [0.25, 0.3) is 0 Å². The van der Waals surface area contributed by atoms with Crippen molar-refractivity contribution in [2.24, 2.45) is 4.99 Å². The third kappa shape index (κ3) is 9.28. The molecule has 8 heteroatoms. The van der Waals surface area contributed by atoms with Crippen LogP contribution in [0.15, 0.2) is 33.7 Å². The number of hydrogen-bond donors (Lipinski definition) is 0. The van der Waals surface area contributed by atoms with E-state index in [1.165, 1.54) is 16.7 Å². The smallest absolute Gasteiger partial charge is 0.436 e. The van der Waals surface area contributed by atoms with Crippen molar-refractivity contribution in [3.63, 3.8) is 0 Å². The Kier molecular flexibility index (Phi) is 8.35. The second kappa shape index (κ2) is 9.59. The molecule has 0 unspecified atom stereocenters. The van der Waals surface area contributed by atoms with Crippen LogP contribution in [0.2, 0.25) is 0 Å². The Labute approximate surface area is 173 Å². The van der Waals surface area contributed by atoms with Gasteiger partial charge < -0.3 is 9.47 Å². The molecule has 6 nitrogen and oxygen atoms in total. The fourth-order valence-electron chi connectivity index (χ4n) is 1.88. The second-order valence-corrected chi connectivity index (χ2v) is 9.46. The molecule has 0 radical (unpaired) electrons. The highest BCUT2D eigenvalue weighted by Crippen LogP contribution is 2.19. The Hall–Kier alpha value is -1.54. The SMILES string of the molecule is CS/C(=N\C(=O)OC(C)(C)C)N(Cc1ccc(Br)cc1)C(=O)OC(C)(C)C. The van der Waals surface area contributed by atoms with Crippen molar-refractivity contribution in [1.29, 1.82) is 0 Å². The predicted molar refractivity (Wildman–Crippen MR) is 113 cm³/mol. The first kappa shape index (κ1) is 23.5. The Balaban J connectivity index is 3.17. The van der Waals surface area contributed by atoms with Gasteiger partial charge in [0, 0.05) is 4.47 Å². The maximum Gasteiger partial charge on any atom is 0.436 e. The summed E-state index contributed by atoms with van der Waals surface area (Å²) < 4.78 is 11.7. The minimum absolute atomic E-state index is 0.210. The van der Waals surface area contributed by atoms with Crippen LogP contribution in [-0.4, -0.2) is 39.7 Å². The average molecular weight is 459 g/mol. The van der Waals surface area contributed by atoms with E-state index < -0.39 is 23.4 Å². The first-order valence-corrected chi connectivity index (χ1v) is 10.4. The van der Waals surface area contributed by atoms with Crippen molar-refractivity contribution in [1.82, 2.24) is 4.90 Å². The lowest BCUT2D eigenvalue weighted by atomic mass is 10.2. The predicted octanol–water partition coefficient (Wildman–Crippen LogP) is 5.84. The van der Waals surface area contributed by atoms with Crippen LogP contribution in [0, 0.1) is 0 Å². The minimum Gasteiger partial charge on any atom is -0.443 e. The van der Waals surface area contributed by atoms with Gasteiger partial charge in [-0.25, -0.2) is 9.59 Å². The van der Waals surface area contributed by atoms with E-state index in [0.29, 0.717) is 0 Å². The number of rotatable bonds is 2. The number of carbonyl (C=O) groups excluding carboxylic acids is 2. The number of halogens is 1. The Morgan fingerprint density at radius 2 is 1.56 bits per heavy atom. The molecule has 0 bridgehead atoms. The van der Waals surface area contributed by atoms with Gasteiger partial charge in [0.05, 0.1) is 6.54 Å². The highest BCUT2D eigenvalue weighted by Gasteiger charge is 2.27. The molecule has 0 aromatic heterocycles. The number of ether oxygens (including phenoxy) is 2. The molecule has 1 aromatic rings. The highest BCUT2D eigenvalue weighted by atomic mass is 79.9. The van der Waals surface area contributed by atoms with Gasteiger partial charge in [-0.1, -0.05) is 39.8 Å². The van der Waals surface area contributed by atoms with E-state index in [-0.39, 0.29) is 11.7 Å². The summed E-state index contributed by atoms with van der Waals surface area (Å²) in [6.45, 7) is 10.8. The quantitative estimate of drug-likeness (QED) is 0.411. The fourth-order valence-corrected chi connectivity index (χ4v) is 2.67. The van der Waals surface area contributed by atoms with Crippen LogP contribution < -0.4 is 0 Å². The molecule has 0 saturated heterocycles. The zero-order chi connectivity index (χ0) is 20.8. The van der Waals surface area contributed by atoms with E-state index in [1.807, 2.05) is 24.3 Å². The third-order valence-corrected chi connectivity index (χ3v) is 4.07. The molecule has 27 heavy (non-hydrogen) atoms. The number of amidine groups is 1. The minimum atomic E-state index is -0.754. The molecule has 0 aliphatic rings. The molecule has 0 aliphatic heterocycles. The zero-order valence-corrected chi connectivity index (χ0v) is 19.2. The lowest BCUT2D eigenvalue weighted by Crippen LogP contribution is -2.39. The number of benzene rings is 1. The van der Waals surface area contributed by atoms with Crippen LogP contribution in [0.1, 0.15) is 47.1 Å². The molecule has 1 aromatic carbocycles. The molecule has 0 atom stereocenters. The van der Waals surface area contributed by atoms with Crippen LogP contribution >= 0.6 is 27.7 Å². The Morgan fingerprint density at radius 1 is 1.04 bits per heavy atom. The zero-order valence-electron chi connectivity index (χ0n) is 16.8. The van der Waals surface area contributed by atoms with Crippen LogP contribution in [0.4, 0.5) is 9.59 Å². The molecular formula is C19H27BrN2O4S. The normalized spacial score (nSPS) is 12.5. The Morgan fingerprint density at radius 3 is 2.00 bits per heavy atom. The topological polar surface area (TPSA) is 68.2 Å². The van der Waals surface area contributed by atoms with Gasteiger partial charge in [-0.05, 0) is 65.5 Å². The fraction of sp³-hybridized carbons (Fsp3) is 0.526. The summed E-state index contributed by atoms with van der Waals surface area (Å²) in [6.07, 6.45) is 0.403. The largest absolute Gasteiger partial charge is 0.443 e. The van der Waals surface area contributed by atoms with Gasteiger partial charge in [0.25, 0.3) is 0 Å². The van der Waals surface area contributed by atoms with Crippen molar-refractivity contribution in [3.05, 3.63) is 34.3 Å². The van der Waals surface area contributed by atoms with Crippen molar-refractivity contribution in [3.8, 4) is 0 Å². The van der Waals surface area contributed by atoms with Crippen molar-refractivity contribution in [2.75, 3.05) is 6.26 Å². The van der Waals surface area contributed by atoms with Crippen molar-refractivity contribution >= 4 is 45.0 Å². The second-order valence-electron chi connectivity index (χ2n) is 7.77. The van der Waals surface area contributed by atoms with Crippen LogP contribution in [0.5, 0.6) is 0 Å². The lowest BCUT2D eigenvalue weighted by Gasteiger charge is -2.27. The van der Waals surface area contributed by atoms with E-state index >= 15 is 0 Å². The molecule has 0 spiro atoms. The third-order valence-electron chi connectivity index (χ3n) is 2.86. The first-order chi connectivity index (χ1) is 12.3. The molecule has 0 saturated carbocycles. The molecule has 0 N–H and O–H groups in total. The summed E-state index contributed by atoms with van der Waals surface area (Å²) in [5.74, 6) is 0. The molecule has 150 valence electrons. The van der Waals surface area contributed by atoms with Crippen LogP contribution in [-0.2, 0) is 16.0 Å². The molecular weight excluding hydrogens is 432 g/mol. The van der Waals surface area contributed by atoms with Gasteiger partial charge in [-0.3, -0.25) is 4.90 Å². The van der Waals surface area contributed by atoms with E-state index in [2.05, 4.69) is 20.9 Å². The summed E-state index contributed by atoms with van der Waals surface area (Å²) in [7, 11) is 0. The number of aliphatic imine (C=N–C) groups is 1. The first-order valence-electron chi connectivity index (χ1n) is 8.41. The Bertz CT molecular complexity index is 691. The van der Waals surface area contributed by atoms with E-state index in [0.717, 1.165) is 10.0 Å². The van der Waals surface area contributed by atoms with E-state index in [1.54, 1.807) is 47.8 Å². The molecule has 0 aliphatic carbocycles. The van der Waals surface area contributed by atoms with Gasteiger partial charge in [0.2, 0.25) is 0 Å². The maximum atomic E-state index is 12.7.